The summed E-state index contributed by atoms with van der Waals surface area (Å²) in [5, 5.41) is 8.09. The summed E-state index contributed by atoms with van der Waals surface area (Å²) in [7, 11) is 1.69. The Balaban J connectivity index is 2.51. The molecule has 0 atom stereocenters. The van der Waals surface area contributed by atoms with Crippen molar-refractivity contribution in [1.29, 1.82) is 0 Å². The minimum atomic E-state index is -3.83. The van der Waals surface area contributed by atoms with E-state index in [1.54, 1.807) is 11.6 Å². The molecule has 0 bridgehead atoms. The van der Waals surface area contributed by atoms with Gasteiger partial charge >= 0.3 is 0 Å². The molecular weight excluding hydrogens is 304 g/mol. The van der Waals surface area contributed by atoms with E-state index < -0.39 is 9.05 Å². The Morgan fingerprint density at radius 2 is 2.00 bits per heavy atom. The first kappa shape index (κ1) is 15.0. The maximum absolute atomic E-state index is 11.7. The number of halogens is 1. The molecule has 0 saturated heterocycles. The van der Waals surface area contributed by atoms with Crippen molar-refractivity contribution in [2.24, 2.45) is 0 Å². The third-order valence-corrected chi connectivity index (χ3v) is 4.27. The Bertz CT molecular complexity index is 720. The summed E-state index contributed by atoms with van der Waals surface area (Å²) in [5.74, 6) is 0.895. The lowest BCUT2D eigenvalue weighted by atomic mass is 10.2. The number of aryl methyl sites for hydroxylation is 2. The average molecular weight is 319 g/mol. The fraction of sp³-hybridized carbons (Fsp3) is 0.545. The molecule has 0 aliphatic heterocycles. The van der Waals surface area contributed by atoms with Gasteiger partial charge in [0.25, 0.3) is 9.05 Å². The molecule has 0 aromatic carbocycles. The standard InChI is InChI=1S/C11H15ClN4O3S/c1-4-8-11(20(12,17)18)9(5-2)16(14-8)6-10-13-7(3)19-15-10/h4-6H2,1-3H3. The Morgan fingerprint density at radius 3 is 2.45 bits per heavy atom. The van der Waals surface area contributed by atoms with Gasteiger partial charge in [-0.25, -0.2) is 8.42 Å². The van der Waals surface area contributed by atoms with Gasteiger partial charge in [0.2, 0.25) is 5.89 Å². The maximum atomic E-state index is 11.7. The highest BCUT2D eigenvalue weighted by molar-refractivity contribution is 8.13. The summed E-state index contributed by atoms with van der Waals surface area (Å²) in [5.41, 5.74) is 1.01. The van der Waals surface area contributed by atoms with E-state index in [2.05, 4.69) is 15.2 Å². The molecule has 0 saturated carbocycles. The summed E-state index contributed by atoms with van der Waals surface area (Å²) in [6.45, 7) is 5.61. The number of aromatic nitrogens is 4. The van der Waals surface area contributed by atoms with Gasteiger partial charge in [-0.3, -0.25) is 4.68 Å². The van der Waals surface area contributed by atoms with E-state index in [0.29, 0.717) is 35.9 Å². The second-order valence-electron chi connectivity index (χ2n) is 4.25. The van der Waals surface area contributed by atoms with Crippen LogP contribution < -0.4 is 0 Å². The summed E-state index contributed by atoms with van der Waals surface area (Å²) in [6, 6.07) is 0. The minimum Gasteiger partial charge on any atom is -0.340 e. The molecule has 2 heterocycles. The predicted octanol–water partition coefficient (Wildman–Crippen LogP) is 1.68. The van der Waals surface area contributed by atoms with Crippen LogP contribution in [0.3, 0.4) is 0 Å². The normalized spacial score (nSPS) is 12.0. The van der Waals surface area contributed by atoms with Crippen LogP contribution in [0.4, 0.5) is 0 Å². The second kappa shape index (κ2) is 5.53. The number of hydrogen-bond acceptors (Lipinski definition) is 6. The molecular formula is C11H15ClN4O3S. The SMILES string of the molecule is CCc1nn(Cc2noc(C)n2)c(CC)c1S(=O)(=O)Cl. The highest BCUT2D eigenvalue weighted by Crippen LogP contribution is 2.25. The Kier molecular flexibility index (Phi) is 4.14. The molecule has 110 valence electrons. The van der Waals surface area contributed by atoms with Crippen LogP contribution in [0.2, 0.25) is 0 Å². The van der Waals surface area contributed by atoms with Gasteiger partial charge in [-0.05, 0) is 12.8 Å². The van der Waals surface area contributed by atoms with E-state index in [0.717, 1.165) is 0 Å². The number of nitrogens with zero attached hydrogens (tertiary/aromatic N) is 4. The van der Waals surface area contributed by atoms with Gasteiger partial charge in [0.15, 0.2) is 5.82 Å². The quantitative estimate of drug-likeness (QED) is 0.779. The molecule has 9 heteroatoms. The van der Waals surface area contributed by atoms with Crippen molar-refractivity contribution < 1.29 is 12.9 Å². The van der Waals surface area contributed by atoms with Gasteiger partial charge in [-0.1, -0.05) is 19.0 Å². The molecule has 2 aromatic rings. The summed E-state index contributed by atoms with van der Waals surface area (Å²) in [4.78, 5) is 4.19. The van der Waals surface area contributed by atoms with E-state index in [4.69, 9.17) is 15.2 Å². The van der Waals surface area contributed by atoms with Gasteiger partial charge in [-0.15, -0.1) is 0 Å². The van der Waals surface area contributed by atoms with Gasteiger partial charge in [0.05, 0.1) is 11.4 Å². The average Bonchev–Trinajstić information content (AvgIpc) is 2.92. The Labute approximate surface area is 121 Å². The van der Waals surface area contributed by atoms with Crippen molar-refractivity contribution in [3.8, 4) is 0 Å². The van der Waals surface area contributed by atoms with Crippen LogP contribution in [0, 0.1) is 6.92 Å². The highest BCUT2D eigenvalue weighted by Gasteiger charge is 2.25. The van der Waals surface area contributed by atoms with Crippen LogP contribution in [0.15, 0.2) is 9.42 Å². The lowest BCUT2D eigenvalue weighted by Gasteiger charge is -2.03. The fourth-order valence-corrected chi connectivity index (χ4v) is 3.59. The van der Waals surface area contributed by atoms with Crippen LogP contribution in [0.5, 0.6) is 0 Å². The first-order valence-corrected chi connectivity index (χ1v) is 8.50. The number of hydrogen-bond donors (Lipinski definition) is 0. The van der Waals surface area contributed by atoms with Crippen molar-refractivity contribution in [3.63, 3.8) is 0 Å². The van der Waals surface area contributed by atoms with Gasteiger partial charge in [0, 0.05) is 17.6 Å². The lowest BCUT2D eigenvalue weighted by Crippen LogP contribution is -2.08. The third kappa shape index (κ3) is 2.85. The smallest absolute Gasteiger partial charge is 0.264 e. The van der Waals surface area contributed by atoms with E-state index in [9.17, 15) is 8.42 Å². The van der Waals surface area contributed by atoms with Gasteiger partial charge in [0.1, 0.15) is 11.4 Å². The minimum absolute atomic E-state index is 0.101. The molecule has 2 rings (SSSR count). The lowest BCUT2D eigenvalue weighted by molar-refractivity contribution is 0.384. The van der Waals surface area contributed by atoms with Crippen molar-refractivity contribution in [2.75, 3.05) is 0 Å². The highest BCUT2D eigenvalue weighted by atomic mass is 35.7. The van der Waals surface area contributed by atoms with Crippen LogP contribution >= 0.6 is 10.7 Å². The first-order valence-electron chi connectivity index (χ1n) is 6.19. The first-order chi connectivity index (χ1) is 9.36. The van der Waals surface area contributed by atoms with Crippen LogP contribution in [0.25, 0.3) is 0 Å². The Hall–Kier alpha value is -1.41. The molecule has 0 aliphatic carbocycles. The molecule has 0 aliphatic rings. The van der Waals surface area contributed by atoms with E-state index in [1.165, 1.54) is 0 Å². The van der Waals surface area contributed by atoms with Crippen LogP contribution in [0.1, 0.15) is 37.0 Å². The molecule has 0 radical (unpaired) electrons. The van der Waals surface area contributed by atoms with Crippen molar-refractivity contribution in [1.82, 2.24) is 19.9 Å². The summed E-state index contributed by atoms with van der Waals surface area (Å²) in [6.07, 6.45) is 0.970. The predicted molar refractivity (Wildman–Crippen MR) is 72.2 cm³/mol. The van der Waals surface area contributed by atoms with Gasteiger partial charge in [-0.2, -0.15) is 10.1 Å². The molecule has 2 aromatic heterocycles. The maximum Gasteiger partial charge on any atom is 0.264 e. The van der Waals surface area contributed by atoms with E-state index in [1.807, 2.05) is 13.8 Å². The van der Waals surface area contributed by atoms with Crippen molar-refractivity contribution in [3.05, 3.63) is 23.1 Å². The number of rotatable bonds is 5. The zero-order valence-electron chi connectivity index (χ0n) is 11.4. The molecule has 0 fully saturated rings. The second-order valence-corrected chi connectivity index (χ2v) is 6.76. The topological polar surface area (TPSA) is 90.9 Å². The van der Waals surface area contributed by atoms with Crippen molar-refractivity contribution >= 4 is 19.7 Å². The van der Waals surface area contributed by atoms with Gasteiger partial charge < -0.3 is 4.52 Å². The third-order valence-electron chi connectivity index (χ3n) is 2.85. The molecule has 0 spiro atoms. The molecule has 0 N–H and O–H groups in total. The molecule has 7 nitrogen and oxygen atoms in total. The van der Waals surface area contributed by atoms with Crippen LogP contribution in [-0.2, 0) is 28.4 Å². The summed E-state index contributed by atoms with van der Waals surface area (Å²) >= 11 is 0. The van der Waals surface area contributed by atoms with E-state index in [-0.39, 0.29) is 11.4 Å². The van der Waals surface area contributed by atoms with Crippen molar-refractivity contribution in [2.45, 2.75) is 45.1 Å². The monoisotopic (exact) mass is 318 g/mol. The Morgan fingerprint density at radius 1 is 1.30 bits per heavy atom. The molecule has 20 heavy (non-hydrogen) atoms. The van der Waals surface area contributed by atoms with E-state index >= 15 is 0 Å². The summed E-state index contributed by atoms with van der Waals surface area (Å²) < 4.78 is 29.9. The fourth-order valence-electron chi connectivity index (χ4n) is 2.06. The molecule has 0 unspecified atom stereocenters. The zero-order chi connectivity index (χ0) is 14.9. The largest absolute Gasteiger partial charge is 0.340 e. The molecule has 0 amide bonds. The zero-order valence-corrected chi connectivity index (χ0v) is 13.0. The van der Waals surface area contributed by atoms with Crippen LogP contribution in [-0.4, -0.2) is 28.3 Å².